The van der Waals surface area contributed by atoms with Gasteiger partial charge in [0.1, 0.15) is 0 Å². The summed E-state index contributed by atoms with van der Waals surface area (Å²) in [6, 6.07) is 13.6. The molecule has 0 nitrogen and oxygen atoms in total. The molecule has 0 heteroatoms. The molecule has 0 heterocycles. The SMILES string of the molecule is CC(C)[C@@H]1CC[C@@H](C)C[C@H]1c1cc[c-]2ccccc12. The van der Waals surface area contributed by atoms with Crippen LogP contribution in [-0.2, 0) is 0 Å². The summed E-state index contributed by atoms with van der Waals surface area (Å²) >= 11 is 0. The van der Waals surface area contributed by atoms with Gasteiger partial charge in [-0.05, 0) is 30.1 Å². The Balaban J connectivity index is 2.02. The quantitative estimate of drug-likeness (QED) is 0.599. The fourth-order valence-electron chi connectivity index (χ4n) is 4.06. The van der Waals surface area contributed by atoms with Crippen molar-refractivity contribution in [2.45, 2.75) is 46.0 Å². The van der Waals surface area contributed by atoms with E-state index < -0.39 is 0 Å². The van der Waals surface area contributed by atoms with Gasteiger partial charge in [-0.15, -0.1) is 47.3 Å². The molecular formula is C19H25-. The van der Waals surface area contributed by atoms with Crippen molar-refractivity contribution in [2.24, 2.45) is 17.8 Å². The second-order valence-corrected chi connectivity index (χ2v) is 6.81. The first-order chi connectivity index (χ1) is 9.16. The van der Waals surface area contributed by atoms with Crippen LogP contribution in [0.3, 0.4) is 0 Å². The van der Waals surface area contributed by atoms with Crippen LogP contribution in [0.2, 0.25) is 0 Å². The van der Waals surface area contributed by atoms with Crippen LogP contribution in [0, 0.1) is 17.8 Å². The molecule has 0 aromatic heterocycles. The topological polar surface area (TPSA) is 0 Å². The molecule has 2 aromatic carbocycles. The minimum absolute atomic E-state index is 0.767. The molecule has 3 rings (SSSR count). The zero-order valence-corrected chi connectivity index (χ0v) is 12.4. The third-order valence-corrected chi connectivity index (χ3v) is 5.14. The molecule has 0 spiro atoms. The van der Waals surface area contributed by atoms with E-state index in [1.807, 2.05) is 0 Å². The largest absolute Gasteiger partial charge is 0.148 e. The van der Waals surface area contributed by atoms with Crippen molar-refractivity contribution >= 4 is 10.8 Å². The standard InChI is InChI=1S/C19H25/c1-13(2)16-10-8-14(3)12-19(16)18-11-9-15-6-4-5-7-17(15)18/h4-7,9,11,13-14,16,19H,8,10,12H2,1-3H3/q-1/t14-,16+,19-/m1/s1. The average molecular weight is 253 g/mol. The van der Waals surface area contributed by atoms with Gasteiger partial charge in [-0.3, -0.25) is 0 Å². The maximum absolute atomic E-state index is 2.43. The molecule has 19 heavy (non-hydrogen) atoms. The van der Waals surface area contributed by atoms with E-state index in [0.717, 1.165) is 23.7 Å². The van der Waals surface area contributed by atoms with E-state index >= 15 is 0 Å². The Kier molecular flexibility index (Phi) is 3.43. The summed E-state index contributed by atoms with van der Waals surface area (Å²) < 4.78 is 0. The highest BCUT2D eigenvalue weighted by molar-refractivity contribution is 5.88. The lowest BCUT2D eigenvalue weighted by Crippen LogP contribution is -2.25. The van der Waals surface area contributed by atoms with Crippen molar-refractivity contribution in [1.29, 1.82) is 0 Å². The van der Waals surface area contributed by atoms with Crippen molar-refractivity contribution in [3.63, 3.8) is 0 Å². The van der Waals surface area contributed by atoms with Crippen LogP contribution >= 0.6 is 0 Å². The Bertz CT molecular complexity index is 546. The highest BCUT2D eigenvalue weighted by Gasteiger charge is 2.30. The van der Waals surface area contributed by atoms with Crippen LogP contribution in [0.1, 0.15) is 51.5 Å². The van der Waals surface area contributed by atoms with Gasteiger partial charge < -0.3 is 0 Å². The molecule has 1 saturated carbocycles. The third kappa shape index (κ3) is 2.33. The van der Waals surface area contributed by atoms with E-state index in [0.29, 0.717) is 0 Å². The van der Waals surface area contributed by atoms with Crippen LogP contribution in [0.4, 0.5) is 0 Å². The molecule has 3 atom stereocenters. The molecule has 1 aliphatic carbocycles. The van der Waals surface area contributed by atoms with E-state index in [-0.39, 0.29) is 0 Å². The first-order valence-corrected chi connectivity index (χ1v) is 7.81. The molecule has 0 unspecified atom stereocenters. The van der Waals surface area contributed by atoms with Crippen LogP contribution < -0.4 is 0 Å². The van der Waals surface area contributed by atoms with Crippen molar-refractivity contribution in [3.05, 3.63) is 42.0 Å². The molecule has 1 aliphatic rings. The fraction of sp³-hybridized carbons (Fsp3) is 0.526. The van der Waals surface area contributed by atoms with Crippen molar-refractivity contribution in [3.8, 4) is 0 Å². The van der Waals surface area contributed by atoms with E-state index in [1.54, 1.807) is 5.56 Å². The average Bonchev–Trinajstić information content (AvgIpc) is 2.82. The number of hydrogen-bond acceptors (Lipinski definition) is 0. The number of hydrogen-bond donors (Lipinski definition) is 0. The summed E-state index contributed by atoms with van der Waals surface area (Å²) in [7, 11) is 0. The number of benzene rings is 1. The summed E-state index contributed by atoms with van der Waals surface area (Å²) in [4.78, 5) is 0. The third-order valence-electron chi connectivity index (χ3n) is 5.14. The molecule has 0 saturated heterocycles. The summed E-state index contributed by atoms with van der Waals surface area (Å²) in [6.07, 6.45) is 4.19. The predicted octanol–water partition coefficient (Wildman–Crippen LogP) is 5.73. The van der Waals surface area contributed by atoms with Gasteiger partial charge in [-0.2, -0.15) is 0 Å². The maximum Gasteiger partial charge on any atom is -0.0392 e. The molecule has 0 aliphatic heterocycles. The minimum Gasteiger partial charge on any atom is -0.148 e. The maximum atomic E-state index is 2.43. The zero-order valence-electron chi connectivity index (χ0n) is 12.4. The van der Waals surface area contributed by atoms with Gasteiger partial charge >= 0.3 is 0 Å². The Morgan fingerprint density at radius 2 is 1.95 bits per heavy atom. The summed E-state index contributed by atoms with van der Waals surface area (Å²) in [5.41, 5.74) is 1.61. The van der Waals surface area contributed by atoms with Gasteiger partial charge in [0.15, 0.2) is 0 Å². The second kappa shape index (κ2) is 5.07. The van der Waals surface area contributed by atoms with Crippen LogP contribution in [-0.4, -0.2) is 0 Å². The van der Waals surface area contributed by atoms with Gasteiger partial charge in [-0.25, -0.2) is 0 Å². The molecule has 0 N–H and O–H groups in total. The van der Waals surface area contributed by atoms with Crippen molar-refractivity contribution in [2.75, 3.05) is 0 Å². The Hall–Kier alpha value is -1.17. The highest BCUT2D eigenvalue weighted by Crippen LogP contribution is 2.46. The van der Waals surface area contributed by atoms with Crippen LogP contribution in [0.5, 0.6) is 0 Å². The molecular weight excluding hydrogens is 228 g/mol. The van der Waals surface area contributed by atoms with Gasteiger partial charge in [0.05, 0.1) is 0 Å². The summed E-state index contributed by atoms with van der Waals surface area (Å²) in [5, 5.41) is 2.91. The summed E-state index contributed by atoms with van der Waals surface area (Å²) in [6.45, 7) is 7.23. The van der Waals surface area contributed by atoms with Gasteiger partial charge in [-0.1, -0.05) is 39.0 Å². The van der Waals surface area contributed by atoms with Crippen LogP contribution in [0.25, 0.3) is 10.8 Å². The summed E-state index contributed by atoms with van der Waals surface area (Å²) in [5.74, 6) is 3.31. The number of fused-ring (bicyclic) bond motifs is 1. The van der Waals surface area contributed by atoms with E-state index in [2.05, 4.69) is 57.2 Å². The molecule has 0 bridgehead atoms. The van der Waals surface area contributed by atoms with Gasteiger partial charge in [0.2, 0.25) is 0 Å². The zero-order chi connectivity index (χ0) is 13.4. The van der Waals surface area contributed by atoms with E-state index in [1.165, 1.54) is 30.0 Å². The Labute approximate surface area is 117 Å². The first-order valence-electron chi connectivity index (χ1n) is 7.81. The molecule has 1 fully saturated rings. The number of rotatable bonds is 2. The van der Waals surface area contributed by atoms with Crippen molar-refractivity contribution < 1.29 is 0 Å². The lowest BCUT2D eigenvalue weighted by Gasteiger charge is -2.39. The smallest absolute Gasteiger partial charge is 0.0392 e. The molecule has 2 aromatic rings. The monoisotopic (exact) mass is 253 g/mol. The Morgan fingerprint density at radius 3 is 2.74 bits per heavy atom. The lowest BCUT2D eigenvalue weighted by molar-refractivity contribution is 0.198. The van der Waals surface area contributed by atoms with Gasteiger partial charge in [0, 0.05) is 0 Å². The highest BCUT2D eigenvalue weighted by atomic mass is 14.4. The molecule has 102 valence electrons. The fourth-order valence-corrected chi connectivity index (χ4v) is 4.06. The minimum atomic E-state index is 0.767. The molecule has 0 radical (unpaired) electrons. The molecule has 0 amide bonds. The van der Waals surface area contributed by atoms with Crippen LogP contribution in [0.15, 0.2) is 36.4 Å². The lowest BCUT2D eigenvalue weighted by atomic mass is 9.67. The van der Waals surface area contributed by atoms with Gasteiger partial charge in [0.25, 0.3) is 0 Å². The van der Waals surface area contributed by atoms with E-state index in [9.17, 15) is 0 Å². The first kappa shape index (κ1) is 12.8. The normalized spacial score (nSPS) is 28.1. The van der Waals surface area contributed by atoms with Crippen molar-refractivity contribution in [1.82, 2.24) is 0 Å². The Morgan fingerprint density at radius 1 is 1.11 bits per heavy atom. The second-order valence-electron chi connectivity index (χ2n) is 6.81. The predicted molar refractivity (Wildman–Crippen MR) is 83.6 cm³/mol. The van der Waals surface area contributed by atoms with E-state index in [4.69, 9.17) is 0 Å².